The van der Waals surface area contributed by atoms with Gasteiger partial charge >= 0.3 is 11.9 Å². The predicted molar refractivity (Wildman–Crippen MR) is 185 cm³/mol. The molecule has 0 saturated carbocycles. The molecular weight excluding hydrogens is 588 g/mol. The van der Waals surface area contributed by atoms with E-state index in [0.29, 0.717) is 36.5 Å². The van der Waals surface area contributed by atoms with Gasteiger partial charge in [0.05, 0.1) is 11.6 Å². The van der Waals surface area contributed by atoms with E-state index in [2.05, 4.69) is 35.4 Å². The lowest BCUT2D eigenvalue weighted by Gasteiger charge is -2.22. The smallest absolute Gasteiger partial charge is 0.336 e. The van der Waals surface area contributed by atoms with Gasteiger partial charge in [-0.25, -0.2) is 9.37 Å². The summed E-state index contributed by atoms with van der Waals surface area (Å²) in [6, 6.07) is 39.2. The van der Waals surface area contributed by atoms with Crippen molar-refractivity contribution < 1.29 is 23.8 Å². The Morgan fingerprint density at radius 1 is 0.851 bits per heavy atom. The molecule has 0 saturated heterocycles. The third kappa shape index (κ3) is 6.99. The van der Waals surface area contributed by atoms with Crippen molar-refractivity contribution in [2.75, 3.05) is 18.1 Å². The molecule has 0 bridgehead atoms. The Bertz CT molecular complexity index is 2100. The molecule has 7 heteroatoms. The van der Waals surface area contributed by atoms with Crippen molar-refractivity contribution in [2.45, 2.75) is 20.0 Å². The highest BCUT2D eigenvalue weighted by atomic mass is 16.5. The number of fused-ring (bicyclic) bond motifs is 2. The highest BCUT2D eigenvalue weighted by Crippen LogP contribution is 2.42. The highest BCUT2D eigenvalue weighted by Gasteiger charge is 2.23. The third-order valence-electron chi connectivity index (χ3n) is 8.11. The lowest BCUT2D eigenvalue weighted by Crippen LogP contribution is -2.33. The molecule has 2 aliphatic rings. The van der Waals surface area contributed by atoms with Gasteiger partial charge in [-0.15, -0.1) is 0 Å². The maximum Gasteiger partial charge on any atom is 0.336 e. The molecule has 7 nitrogen and oxygen atoms in total. The molecule has 4 aromatic rings. The number of esters is 1. The van der Waals surface area contributed by atoms with Crippen LogP contribution in [0.2, 0.25) is 0 Å². The van der Waals surface area contributed by atoms with Gasteiger partial charge in [0.1, 0.15) is 18.0 Å². The predicted octanol–water partition coefficient (Wildman–Crippen LogP) is 7.59. The van der Waals surface area contributed by atoms with Crippen molar-refractivity contribution in [3.63, 3.8) is 0 Å². The van der Waals surface area contributed by atoms with Gasteiger partial charge in [0.25, 0.3) is 0 Å². The quantitative estimate of drug-likeness (QED) is 0.0910. The normalized spacial score (nSPS) is 11.7. The summed E-state index contributed by atoms with van der Waals surface area (Å²) < 4.78 is 14.1. The Hall–Kier alpha value is -5.95. The van der Waals surface area contributed by atoms with Crippen LogP contribution in [-0.4, -0.2) is 30.2 Å². The van der Waals surface area contributed by atoms with E-state index in [-0.39, 0.29) is 18.1 Å². The van der Waals surface area contributed by atoms with Gasteiger partial charge in [-0.3, -0.25) is 4.79 Å². The average Bonchev–Trinajstić information content (AvgIpc) is 3.09. The molecule has 234 valence electrons. The van der Waals surface area contributed by atoms with E-state index in [4.69, 9.17) is 9.15 Å². The van der Waals surface area contributed by atoms with Gasteiger partial charge in [0.15, 0.2) is 13.1 Å². The number of carboxylic acids is 1. The van der Waals surface area contributed by atoms with E-state index < -0.39 is 5.97 Å². The Morgan fingerprint density at radius 2 is 1.55 bits per heavy atom. The zero-order chi connectivity index (χ0) is 32.8. The fourth-order valence-corrected chi connectivity index (χ4v) is 5.86. The summed E-state index contributed by atoms with van der Waals surface area (Å²) >= 11 is 0. The molecule has 6 rings (SSSR count). The zero-order valence-corrected chi connectivity index (χ0v) is 26.1. The topological polar surface area (TPSA) is 83.0 Å². The van der Waals surface area contributed by atoms with E-state index >= 15 is 0 Å². The van der Waals surface area contributed by atoms with E-state index in [1.807, 2.05) is 89.8 Å². The summed E-state index contributed by atoms with van der Waals surface area (Å²) in [7, 11) is 0. The number of hydrogen-bond donors (Lipinski definition) is 1. The lowest BCUT2D eigenvalue weighted by atomic mass is 9.90. The minimum Gasteiger partial charge on any atom is -0.478 e. The fourth-order valence-electron chi connectivity index (χ4n) is 5.86. The summed E-state index contributed by atoms with van der Waals surface area (Å²) in [5.74, 6) is -0.736. The standard InChI is InChI=1S/C40H34N2O5/c1-3-41(26-29-12-6-4-7-13-29)31-18-20-35-37(24-31)47-38-25-32(42(22-23-46-28(2)43)27-30-14-8-5-9-15-30)19-21-36(38)39(35)33-16-10-11-17-34(33)40(44)45/h3-21,24-25H,1,22-23,26-27H2,2H3/p+1. The number of carbonyl (C=O) groups is 2. The monoisotopic (exact) mass is 623 g/mol. The van der Waals surface area contributed by atoms with Gasteiger partial charge < -0.3 is 19.2 Å². The number of carbonyl (C=O) groups excluding carboxylic acids is 1. The van der Waals surface area contributed by atoms with E-state index in [9.17, 15) is 14.7 Å². The van der Waals surface area contributed by atoms with Crippen molar-refractivity contribution in [3.05, 3.63) is 156 Å². The third-order valence-corrected chi connectivity index (χ3v) is 8.11. The largest absolute Gasteiger partial charge is 0.478 e. The van der Waals surface area contributed by atoms with Crippen molar-refractivity contribution in [1.29, 1.82) is 0 Å². The molecule has 0 fully saturated rings. The van der Waals surface area contributed by atoms with Crippen LogP contribution in [0.5, 0.6) is 0 Å². The van der Waals surface area contributed by atoms with Crippen LogP contribution in [0, 0.1) is 0 Å². The summed E-state index contributed by atoms with van der Waals surface area (Å²) in [6.45, 7) is 7.37. The van der Waals surface area contributed by atoms with Crippen LogP contribution in [0.25, 0.3) is 33.4 Å². The Labute approximate surface area is 273 Å². The minimum atomic E-state index is -1.00. The Morgan fingerprint density at radius 3 is 2.26 bits per heavy atom. The first-order valence-corrected chi connectivity index (χ1v) is 15.4. The van der Waals surface area contributed by atoms with Gasteiger partial charge in [-0.2, -0.15) is 0 Å². The van der Waals surface area contributed by atoms with Crippen LogP contribution >= 0.6 is 0 Å². The highest BCUT2D eigenvalue weighted by molar-refractivity contribution is 6.07. The molecule has 0 unspecified atom stereocenters. The van der Waals surface area contributed by atoms with Crippen LogP contribution in [0.1, 0.15) is 28.4 Å². The van der Waals surface area contributed by atoms with Gasteiger partial charge in [-0.1, -0.05) is 85.4 Å². The summed E-state index contributed by atoms with van der Waals surface area (Å²) in [5, 5.41) is 11.8. The van der Waals surface area contributed by atoms with Crippen molar-refractivity contribution in [1.82, 2.24) is 4.58 Å². The average molecular weight is 624 g/mol. The van der Waals surface area contributed by atoms with Gasteiger partial charge in [-0.05, 0) is 41.6 Å². The number of aromatic carboxylic acids is 1. The molecule has 47 heavy (non-hydrogen) atoms. The molecule has 1 N–H and O–H groups in total. The van der Waals surface area contributed by atoms with Gasteiger partial charge in [0.2, 0.25) is 5.36 Å². The molecule has 1 aliphatic heterocycles. The minimum absolute atomic E-state index is 0.207. The lowest BCUT2D eigenvalue weighted by molar-refractivity contribution is -0.140. The number of benzene rings is 5. The van der Waals surface area contributed by atoms with Crippen molar-refractivity contribution in [2.24, 2.45) is 0 Å². The number of anilines is 1. The number of hydrogen-bond acceptors (Lipinski definition) is 5. The van der Waals surface area contributed by atoms with E-state index in [1.165, 1.54) is 6.92 Å². The molecule has 1 heterocycles. The van der Waals surface area contributed by atoms with Crippen molar-refractivity contribution >= 4 is 28.6 Å². The molecule has 0 aromatic heterocycles. The second kappa shape index (κ2) is 14.0. The molecule has 0 amide bonds. The number of ether oxygens (including phenoxy) is 1. The maximum absolute atomic E-state index is 12.4. The number of rotatable bonds is 11. The Kier molecular flexibility index (Phi) is 9.25. The first kappa shape index (κ1) is 31.0. The second-order valence-corrected chi connectivity index (χ2v) is 11.2. The van der Waals surface area contributed by atoms with Crippen LogP contribution in [0.3, 0.4) is 0 Å². The zero-order valence-electron chi connectivity index (χ0n) is 26.1. The van der Waals surface area contributed by atoms with Crippen LogP contribution in [0.15, 0.2) is 139 Å². The fraction of sp³-hybridized carbons (Fsp3) is 0.125. The van der Waals surface area contributed by atoms with Gasteiger partial charge in [0, 0.05) is 53.4 Å². The molecule has 0 spiro atoms. The SMILES string of the molecule is C=CN(Cc1ccccc1)c1ccc2c(-c3ccccc3C(=O)O)c3cc/c(=[N+](\CCOC(C)=O)Cc4ccccc4)cc-3oc2c1. The number of carboxylic acid groups (broad SMARTS) is 1. The van der Waals surface area contributed by atoms with E-state index in [0.717, 1.165) is 38.7 Å². The summed E-state index contributed by atoms with van der Waals surface area (Å²) in [5.41, 5.74) is 6.11. The van der Waals surface area contributed by atoms with Crippen LogP contribution in [-0.2, 0) is 22.6 Å². The van der Waals surface area contributed by atoms with Crippen LogP contribution < -0.4 is 14.8 Å². The molecule has 0 atom stereocenters. The Balaban J connectivity index is 1.57. The van der Waals surface area contributed by atoms with Crippen LogP contribution in [0.4, 0.5) is 5.69 Å². The summed E-state index contributed by atoms with van der Waals surface area (Å²) in [4.78, 5) is 26.0. The first-order valence-electron chi connectivity index (χ1n) is 15.4. The molecule has 1 aliphatic carbocycles. The molecule has 0 radical (unpaired) electrons. The molecule has 4 aromatic carbocycles. The van der Waals surface area contributed by atoms with E-state index in [1.54, 1.807) is 18.3 Å². The summed E-state index contributed by atoms with van der Waals surface area (Å²) in [6.07, 6.45) is 1.79. The van der Waals surface area contributed by atoms with Crippen molar-refractivity contribution in [3.8, 4) is 22.5 Å². The first-order chi connectivity index (χ1) is 22.9. The molecular formula is C40H35N2O5+. The maximum atomic E-state index is 12.4. The number of nitrogens with zero attached hydrogens (tertiary/aromatic N) is 2. The second-order valence-electron chi connectivity index (χ2n) is 11.2.